The van der Waals surface area contributed by atoms with Crippen molar-refractivity contribution in [3.05, 3.63) is 29.3 Å². The smallest absolute Gasteiger partial charge is 0.119 e. The first-order valence-electron chi connectivity index (χ1n) is 7.79. The van der Waals surface area contributed by atoms with E-state index in [1.807, 2.05) is 6.07 Å². The maximum Gasteiger partial charge on any atom is 0.119 e. The Balaban J connectivity index is 2.32. The van der Waals surface area contributed by atoms with Crippen LogP contribution in [-0.2, 0) is 12.8 Å². The molecule has 0 spiro atoms. The Labute approximate surface area is 118 Å². The van der Waals surface area contributed by atoms with Gasteiger partial charge < -0.3 is 10.8 Å². The van der Waals surface area contributed by atoms with E-state index in [2.05, 4.69) is 13.0 Å². The lowest BCUT2D eigenvalue weighted by atomic mass is 9.97. The second-order valence-electron chi connectivity index (χ2n) is 5.32. The van der Waals surface area contributed by atoms with E-state index in [0.29, 0.717) is 12.3 Å². The molecule has 1 aromatic carbocycles. The largest absolute Gasteiger partial charge is 0.508 e. The number of nitrogens with two attached hydrogens (primary N) is 1. The Kier molecular flexibility index (Phi) is 8.31. The van der Waals surface area contributed by atoms with Crippen LogP contribution in [-0.4, -0.2) is 11.7 Å². The maximum atomic E-state index is 9.95. The van der Waals surface area contributed by atoms with Crippen LogP contribution in [0.2, 0.25) is 0 Å². The van der Waals surface area contributed by atoms with Gasteiger partial charge in [0.15, 0.2) is 0 Å². The molecule has 19 heavy (non-hydrogen) atoms. The fourth-order valence-electron chi connectivity index (χ4n) is 2.56. The van der Waals surface area contributed by atoms with E-state index in [1.54, 1.807) is 6.07 Å². The van der Waals surface area contributed by atoms with Crippen molar-refractivity contribution in [3.8, 4) is 5.75 Å². The predicted molar refractivity (Wildman–Crippen MR) is 82.6 cm³/mol. The van der Waals surface area contributed by atoms with E-state index in [1.165, 1.54) is 50.5 Å². The molecule has 1 rings (SSSR count). The minimum Gasteiger partial charge on any atom is -0.508 e. The Hall–Kier alpha value is -1.02. The molecular formula is C17H29NO. The summed E-state index contributed by atoms with van der Waals surface area (Å²) in [5, 5.41) is 9.95. The Morgan fingerprint density at radius 1 is 0.947 bits per heavy atom. The van der Waals surface area contributed by atoms with Crippen LogP contribution < -0.4 is 5.73 Å². The van der Waals surface area contributed by atoms with Crippen LogP contribution >= 0.6 is 0 Å². The van der Waals surface area contributed by atoms with Crippen molar-refractivity contribution < 1.29 is 5.11 Å². The molecule has 0 unspecified atom stereocenters. The lowest BCUT2D eigenvalue weighted by Crippen LogP contribution is -2.05. The van der Waals surface area contributed by atoms with Crippen molar-refractivity contribution in [1.82, 2.24) is 0 Å². The highest BCUT2D eigenvalue weighted by atomic mass is 16.3. The van der Waals surface area contributed by atoms with Crippen molar-refractivity contribution in [2.24, 2.45) is 5.73 Å². The number of aromatic hydroxyl groups is 1. The third kappa shape index (κ3) is 6.11. The molecule has 0 saturated carbocycles. The van der Waals surface area contributed by atoms with E-state index in [9.17, 15) is 5.11 Å². The number of phenolic OH excluding ortho intramolecular Hbond substituents is 1. The molecule has 0 saturated heterocycles. The first-order chi connectivity index (χ1) is 9.29. The molecule has 0 heterocycles. The van der Waals surface area contributed by atoms with Gasteiger partial charge in [0.25, 0.3) is 0 Å². The molecule has 0 amide bonds. The first-order valence-corrected chi connectivity index (χ1v) is 7.79. The van der Waals surface area contributed by atoms with Gasteiger partial charge in [0.2, 0.25) is 0 Å². The van der Waals surface area contributed by atoms with Gasteiger partial charge in [-0.2, -0.15) is 0 Å². The summed E-state index contributed by atoms with van der Waals surface area (Å²) >= 11 is 0. The summed E-state index contributed by atoms with van der Waals surface area (Å²) in [6.45, 7) is 2.89. The first kappa shape index (κ1) is 16.0. The normalized spacial score (nSPS) is 10.8. The number of hydrogen-bond acceptors (Lipinski definition) is 2. The molecule has 0 radical (unpaired) electrons. The van der Waals surface area contributed by atoms with Gasteiger partial charge in [-0.25, -0.2) is 0 Å². The Bertz CT molecular complexity index is 349. The third-order valence-electron chi connectivity index (χ3n) is 3.69. The highest BCUT2D eigenvalue weighted by molar-refractivity contribution is 5.39. The summed E-state index contributed by atoms with van der Waals surface area (Å²) in [6.07, 6.45) is 11.0. The zero-order chi connectivity index (χ0) is 13.9. The van der Waals surface area contributed by atoms with Crippen molar-refractivity contribution in [1.29, 1.82) is 0 Å². The van der Waals surface area contributed by atoms with Crippen LogP contribution in [0.15, 0.2) is 18.2 Å². The molecule has 108 valence electrons. The third-order valence-corrected chi connectivity index (χ3v) is 3.69. The van der Waals surface area contributed by atoms with Gasteiger partial charge in [-0.1, -0.05) is 57.6 Å². The molecule has 3 N–H and O–H groups in total. The molecular weight excluding hydrogens is 234 g/mol. The van der Waals surface area contributed by atoms with Crippen molar-refractivity contribution in [2.75, 3.05) is 6.54 Å². The molecule has 0 fully saturated rings. The second-order valence-corrected chi connectivity index (χ2v) is 5.32. The molecule has 0 aliphatic carbocycles. The van der Waals surface area contributed by atoms with E-state index in [-0.39, 0.29) is 0 Å². The van der Waals surface area contributed by atoms with Crippen molar-refractivity contribution in [3.63, 3.8) is 0 Å². The van der Waals surface area contributed by atoms with Crippen LogP contribution in [0.4, 0.5) is 0 Å². The summed E-state index contributed by atoms with van der Waals surface area (Å²) in [7, 11) is 0. The predicted octanol–water partition coefficient (Wildman–Crippen LogP) is 4.19. The van der Waals surface area contributed by atoms with Gasteiger partial charge in [0, 0.05) is 0 Å². The highest BCUT2D eigenvalue weighted by Crippen LogP contribution is 2.24. The summed E-state index contributed by atoms with van der Waals surface area (Å²) in [5.74, 6) is 0.442. The van der Waals surface area contributed by atoms with Gasteiger partial charge >= 0.3 is 0 Å². The number of benzene rings is 1. The van der Waals surface area contributed by atoms with Crippen LogP contribution in [0.5, 0.6) is 5.75 Å². The Morgan fingerprint density at radius 2 is 1.63 bits per heavy atom. The zero-order valence-corrected chi connectivity index (χ0v) is 12.3. The van der Waals surface area contributed by atoms with E-state index >= 15 is 0 Å². The van der Waals surface area contributed by atoms with Gasteiger partial charge in [-0.05, 0) is 43.0 Å². The van der Waals surface area contributed by atoms with Crippen LogP contribution in [0.3, 0.4) is 0 Å². The topological polar surface area (TPSA) is 46.2 Å². The summed E-state index contributed by atoms with van der Waals surface area (Å²) < 4.78 is 0. The van der Waals surface area contributed by atoms with Gasteiger partial charge in [-0.15, -0.1) is 0 Å². The Morgan fingerprint density at radius 3 is 2.32 bits per heavy atom. The molecule has 0 aromatic heterocycles. The van der Waals surface area contributed by atoms with Crippen LogP contribution in [0.1, 0.15) is 63.0 Å². The zero-order valence-electron chi connectivity index (χ0n) is 12.3. The van der Waals surface area contributed by atoms with E-state index in [4.69, 9.17) is 5.73 Å². The molecule has 0 aliphatic rings. The summed E-state index contributed by atoms with van der Waals surface area (Å²) in [5.41, 5.74) is 7.95. The quantitative estimate of drug-likeness (QED) is 0.622. The average Bonchev–Trinajstić information content (AvgIpc) is 2.41. The molecule has 0 atom stereocenters. The maximum absolute atomic E-state index is 9.95. The number of hydrogen-bond donors (Lipinski definition) is 2. The fourth-order valence-corrected chi connectivity index (χ4v) is 2.56. The fraction of sp³-hybridized carbons (Fsp3) is 0.647. The minimum atomic E-state index is 0.442. The van der Waals surface area contributed by atoms with Crippen LogP contribution in [0.25, 0.3) is 0 Å². The minimum absolute atomic E-state index is 0.442. The number of unbranched alkanes of at least 4 members (excludes halogenated alkanes) is 6. The average molecular weight is 263 g/mol. The lowest BCUT2D eigenvalue weighted by Gasteiger charge is -2.10. The van der Waals surface area contributed by atoms with E-state index < -0.39 is 0 Å². The van der Waals surface area contributed by atoms with E-state index in [0.717, 1.165) is 18.4 Å². The molecule has 1 aromatic rings. The standard InChI is InChI=1S/C17H29NO/c1-2-3-4-5-6-7-8-11-16-15(13-14-18)10-9-12-17(16)19/h9-10,12,19H,2-8,11,13-14,18H2,1H3. The highest BCUT2D eigenvalue weighted by Gasteiger charge is 2.06. The molecule has 0 aliphatic heterocycles. The van der Waals surface area contributed by atoms with Crippen molar-refractivity contribution >= 4 is 0 Å². The number of rotatable bonds is 10. The molecule has 2 nitrogen and oxygen atoms in total. The van der Waals surface area contributed by atoms with Gasteiger partial charge in [0.05, 0.1) is 0 Å². The lowest BCUT2D eigenvalue weighted by molar-refractivity contribution is 0.464. The summed E-state index contributed by atoms with van der Waals surface area (Å²) in [6, 6.07) is 5.79. The van der Waals surface area contributed by atoms with Gasteiger partial charge in [0.1, 0.15) is 5.75 Å². The SMILES string of the molecule is CCCCCCCCCc1c(O)cccc1CCN. The van der Waals surface area contributed by atoms with Crippen molar-refractivity contribution in [2.45, 2.75) is 64.7 Å². The number of phenols is 1. The second kappa shape index (κ2) is 9.85. The molecule has 0 bridgehead atoms. The molecule has 2 heteroatoms. The summed E-state index contributed by atoms with van der Waals surface area (Å²) in [4.78, 5) is 0. The van der Waals surface area contributed by atoms with Crippen LogP contribution in [0, 0.1) is 0 Å². The van der Waals surface area contributed by atoms with Gasteiger partial charge in [-0.3, -0.25) is 0 Å². The monoisotopic (exact) mass is 263 g/mol.